The van der Waals surface area contributed by atoms with E-state index in [1.165, 1.54) is 10.9 Å². The first-order chi connectivity index (χ1) is 6.72. The number of aryl methyl sites for hydroxylation is 1. The fourth-order valence-electron chi connectivity index (χ4n) is 1.71. The summed E-state index contributed by atoms with van der Waals surface area (Å²) >= 11 is 0. The molecule has 1 heterocycles. The first-order valence-corrected chi connectivity index (χ1v) is 4.88. The minimum Gasteiger partial charge on any atom is -0.461 e. The molecule has 2 heteroatoms. The van der Waals surface area contributed by atoms with Gasteiger partial charge in [-0.1, -0.05) is 18.2 Å². The fourth-order valence-corrected chi connectivity index (χ4v) is 1.71. The lowest BCUT2D eigenvalue weighted by molar-refractivity contribution is 0.562. The molecular formula is C12H15NO. The lowest BCUT2D eigenvalue weighted by atomic mass is 10.1. The Labute approximate surface area is 83.9 Å². The van der Waals surface area contributed by atoms with Gasteiger partial charge in [-0.15, -0.1) is 0 Å². The molecule has 0 amide bonds. The zero-order valence-electron chi connectivity index (χ0n) is 8.79. The monoisotopic (exact) mass is 189 g/mol. The minimum absolute atomic E-state index is 0.323. The van der Waals surface area contributed by atoms with E-state index in [0.717, 1.165) is 11.3 Å². The van der Waals surface area contributed by atoms with Crippen molar-refractivity contribution in [1.29, 1.82) is 0 Å². The first kappa shape index (κ1) is 9.28. The molecule has 2 nitrogen and oxygen atoms in total. The van der Waals surface area contributed by atoms with Crippen molar-refractivity contribution in [3.8, 4) is 0 Å². The molecule has 0 spiro atoms. The van der Waals surface area contributed by atoms with Crippen LogP contribution in [0.1, 0.15) is 24.3 Å². The Morgan fingerprint density at radius 3 is 2.86 bits per heavy atom. The van der Waals surface area contributed by atoms with E-state index in [1.54, 1.807) is 0 Å². The Kier molecular flexibility index (Phi) is 2.30. The van der Waals surface area contributed by atoms with Gasteiger partial charge in [-0.25, -0.2) is 0 Å². The van der Waals surface area contributed by atoms with Crippen LogP contribution in [0.5, 0.6) is 0 Å². The largest absolute Gasteiger partial charge is 0.461 e. The Morgan fingerprint density at radius 1 is 1.36 bits per heavy atom. The number of nitrogens with one attached hydrogen (secondary N) is 1. The van der Waals surface area contributed by atoms with Crippen LogP contribution in [-0.4, -0.2) is 7.05 Å². The van der Waals surface area contributed by atoms with Gasteiger partial charge in [0.05, 0.1) is 0 Å². The summed E-state index contributed by atoms with van der Waals surface area (Å²) in [5.74, 6) is 0.968. The zero-order chi connectivity index (χ0) is 10.1. The highest BCUT2D eigenvalue weighted by molar-refractivity contribution is 5.81. The zero-order valence-corrected chi connectivity index (χ0v) is 8.79. The van der Waals surface area contributed by atoms with Crippen LogP contribution in [0, 0.1) is 6.92 Å². The van der Waals surface area contributed by atoms with Crippen LogP contribution in [0.2, 0.25) is 0 Å². The van der Waals surface area contributed by atoms with Crippen LogP contribution >= 0.6 is 0 Å². The average molecular weight is 189 g/mol. The highest BCUT2D eigenvalue weighted by atomic mass is 16.3. The van der Waals surface area contributed by atoms with E-state index >= 15 is 0 Å². The first-order valence-electron chi connectivity index (χ1n) is 4.88. The van der Waals surface area contributed by atoms with Crippen LogP contribution < -0.4 is 5.32 Å². The second-order valence-corrected chi connectivity index (χ2v) is 3.63. The van der Waals surface area contributed by atoms with Gasteiger partial charge in [-0.05, 0) is 27.0 Å². The van der Waals surface area contributed by atoms with E-state index < -0.39 is 0 Å². The summed E-state index contributed by atoms with van der Waals surface area (Å²) in [6.45, 7) is 4.11. The number of para-hydroxylation sites is 1. The third-order valence-corrected chi connectivity index (χ3v) is 2.60. The second-order valence-electron chi connectivity index (χ2n) is 3.63. The van der Waals surface area contributed by atoms with Crippen LogP contribution in [0.15, 0.2) is 28.7 Å². The molecule has 74 valence electrons. The van der Waals surface area contributed by atoms with Gasteiger partial charge in [0.1, 0.15) is 11.3 Å². The molecule has 1 N–H and O–H groups in total. The third-order valence-electron chi connectivity index (χ3n) is 2.60. The molecule has 1 unspecified atom stereocenters. The van der Waals surface area contributed by atoms with Gasteiger partial charge in [0.15, 0.2) is 0 Å². The van der Waals surface area contributed by atoms with E-state index in [2.05, 4.69) is 36.5 Å². The molecule has 0 saturated heterocycles. The highest BCUT2D eigenvalue weighted by Gasteiger charge is 2.10. The van der Waals surface area contributed by atoms with Gasteiger partial charge < -0.3 is 9.73 Å². The summed E-state index contributed by atoms with van der Waals surface area (Å²) < 4.78 is 5.68. The molecule has 0 fully saturated rings. The van der Waals surface area contributed by atoms with Crippen LogP contribution in [-0.2, 0) is 0 Å². The van der Waals surface area contributed by atoms with Crippen molar-refractivity contribution in [3.63, 3.8) is 0 Å². The number of furan rings is 1. The molecule has 1 atom stereocenters. The van der Waals surface area contributed by atoms with Crippen molar-refractivity contribution in [2.45, 2.75) is 19.9 Å². The van der Waals surface area contributed by atoms with Crippen molar-refractivity contribution in [2.75, 3.05) is 7.05 Å². The predicted octanol–water partition coefficient (Wildman–Crippen LogP) is 3.02. The summed E-state index contributed by atoms with van der Waals surface area (Å²) in [5.41, 5.74) is 2.23. The van der Waals surface area contributed by atoms with Gasteiger partial charge in [0.25, 0.3) is 0 Å². The van der Waals surface area contributed by atoms with Crippen molar-refractivity contribution in [2.24, 2.45) is 0 Å². The van der Waals surface area contributed by atoms with Crippen molar-refractivity contribution < 1.29 is 4.42 Å². The summed E-state index contributed by atoms with van der Waals surface area (Å²) in [7, 11) is 1.96. The average Bonchev–Trinajstić information content (AvgIpc) is 2.56. The minimum atomic E-state index is 0.323. The fraction of sp³-hybridized carbons (Fsp3) is 0.333. The summed E-state index contributed by atoms with van der Waals surface area (Å²) in [6, 6.07) is 8.65. The molecule has 0 aliphatic rings. The molecule has 2 aromatic rings. The Balaban J connectivity index is 2.64. The molecule has 0 bridgehead atoms. The predicted molar refractivity (Wildman–Crippen MR) is 58.4 cm³/mol. The van der Waals surface area contributed by atoms with Crippen LogP contribution in [0.3, 0.4) is 0 Å². The third kappa shape index (κ3) is 1.42. The number of fused-ring (bicyclic) bond motifs is 1. The van der Waals surface area contributed by atoms with Crippen molar-refractivity contribution in [3.05, 3.63) is 35.6 Å². The van der Waals surface area contributed by atoms with Gasteiger partial charge in [-0.3, -0.25) is 0 Å². The molecule has 14 heavy (non-hydrogen) atoms. The normalized spacial score (nSPS) is 13.4. The maximum absolute atomic E-state index is 5.68. The Morgan fingerprint density at radius 2 is 2.14 bits per heavy atom. The summed E-state index contributed by atoms with van der Waals surface area (Å²) in [5, 5.41) is 4.41. The molecule has 0 aliphatic carbocycles. The SMILES string of the molecule is CNC(C)c1cccc2cc(C)oc12. The molecular weight excluding hydrogens is 174 g/mol. The van der Waals surface area contributed by atoms with E-state index in [1.807, 2.05) is 14.0 Å². The number of hydrogen-bond acceptors (Lipinski definition) is 2. The molecule has 0 saturated carbocycles. The van der Waals surface area contributed by atoms with Gasteiger partial charge in [0.2, 0.25) is 0 Å². The van der Waals surface area contributed by atoms with Crippen molar-refractivity contribution in [1.82, 2.24) is 5.32 Å². The molecule has 2 rings (SSSR count). The van der Waals surface area contributed by atoms with Crippen LogP contribution in [0.4, 0.5) is 0 Å². The smallest absolute Gasteiger partial charge is 0.139 e. The number of benzene rings is 1. The lowest BCUT2D eigenvalue weighted by Gasteiger charge is -2.10. The standard InChI is InChI=1S/C12H15NO/c1-8-7-10-5-4-6-11(9(2)13-3)12(10)14-8/h4-7,9,13H,1-3H3. The van der Waals surface area contributed by atoms with E-state index in [0.29, 0.717) is 6.04 Å². The quantitative estimate of drug-likeness (QED) is 0.785. The van der Waals surface area contributed by atoms with E-state index in [9.17, 15) is 0 Å². The lowest BCUT2D eigenvalue weighted by Crippen LogP contribution is -2.12. The van der Waals surface area contributed by atoms with Crippen LogP contribution in [0.25, 0.3) is 11.0 Å². The van der Waals surface area contributed by atoms with Gasteiger partial charge in [0, 0.05) is 17.0 Å². The molecule has 1 aromatic heterocycles. The second kappa shape index (κ2) is 3.46. The molecule has 1 aromatic carbocycles. The topological polar surface area (TPSA) is 25.2 Å². The van der Waals surface area contributed by atoms with Gasteiger partial charge >= 0.3 is 0 Å². The van der Waals surface area contributed by atoms with E-state index in [-0.39, 0.29) is 0 Å². The maximum Gasteiger partial charge on any atom is 0.139 e. The number of rotatable bonds is 2. The summed E-state index contributed by atoms with van der Waals surface area (Å²) in [6.07, 6.45) is 0. The molecule has 0 aliphatic heterocycles. The molecule has 0 radical (unpaired) electrons. The summed E-state index contributed by atoms with van der Waals surface area (Å²) in [4.78, 5) is 0. The number of hydrogen-bond donors (Lipinski definition) is 1. The Hall–Kier alpha value is -1.28. The maximum atomic E-state index is 5.68. The van der Waals surface area contributed by atoms with E-state index in [4.69, 9.17) is 4.42 Å². The van der Waals surface area contributed by atoms with Crippen molar-refractivity contribution >= 4 is 11.0 Å². The highest BCUT2D eigenvalue weighted by Crippen LogP contribution is 2.26. The van der Waals surface area contributed by atoms with Gasteiger partial charge in [-0.2, -0.15) is 0 Å². The Bertz CT molecular complexity index is 445.